The van der Waals surface area contributed by atoms with E-state index in [1.165, 1.54) is 51.4 Å². The van der Waals surface area contributed by atoms with Crippen LogP contribution in [0.4, 0.5) is 0 Å². The van der Waals surface area contributed by atoms with Gasteiger partial charge in [0.05, 0.1) is 12.5 Å². The van der Waals surface area contributed by atoms with Crippen LogP contribution in [-0.2, 0) is 14.3 Å². The molecule has 0 saturated carbocycles. The van der Waals surface area contributed by atoms with Gasteiger partial charge < -0.3 is 9.84 Å². The summed E-state index contributed by atoms with van der Waals surface area (Å²) in [5.74, 6) is -1.03. The molecule has 0 aromatic carbocycles. The Labute approximate surface area is 161 Å². The number of carbonyl (C=O) groups is 2. The number of aliphatic carboxylic acids is 1. The molecule has 0 aliphatic heterocycles. The second-order valence-corrected chi connectivity index (χ2v) is 7.47. The lowest BCUT2D eigenvalue weighted by Gasteiger charge is -2.16. The van der Waals surface area contributed by atoms with Crippen LogP contribution in [0, 0.1) is 5.92 Å². The van der Waals surface area contributed by atoms with E-state index in [2.05, 4.69) is 13.8 Å². The van der Waals surface area contributed by atoms with Crippen molar-refractivity contribution < 1.29 is 19.4 Å². The van der Waals surface area contributed by atoms with Gasteiger partial charge in [0.2, 0.25) is 0 Å². The van der Waals surface area contributed by atoms with Crippen molar-refractivity contribution in [2.75, 3.05) is 6.61 Å². The van der Waals surface area contributed by atoms with Gasteiger partial charge in [-0.1, -0.05) is 84.5 Å². The number of ether oxygens (including phenoxy) is 1. The molecule has 0 bridgehead atoms. The van der Waals surface area contributed by atoms with E-state index in [0.717, 1.165) is 32.1 Å². The third kappa shape index (κ3) is 16.4. The van der Waals surface area contributed by atoms with E-state index in [1.54, 1.807) is 0 Å². The molecule has 26 heavy (non-hydrogen) atoms. The molecule has 1 atom stereocenters. The molecule has 0 amide bonds. The Balaban J connectivity index is 4.02. The van der Waals surface area contributed by atoms with Gasteiger partial charge in [0, 0.05) is 6.42 Å². The van der Waals surface area contributed by atoms with Crippen molar-refractivity contribution in [3.63, 3.8) is 0 Å². The van der Waals surface area contributed by atoms with Gasteiger partial charge in [-0.05, 0) is 25.7 Å². The molecule has 1 unspecified atom stereocenters. The van der Waals surface area contributed by atoms with Gasteiger partial charge in [0.1, 0.15) is 0 Å². The number of carboxylic acids is 1. The summed E-state index contributed by atoms with van der Waals surface area (Å²) in [7, 11) is 0. The van der Waals surface area contributed by atoms with Crippen molar-refractivity contribution in [1.82, 2.24) is 0 Å². The lowest BCUT2D eigenvalue weighted by Crippen LogP contribution is -2.19. The number of carboxylic acid groups (broad SMARTS) is 1. The van der Waals surface area contributed by atoms with Gasteiger partial charge in [0.15, 0.2) is 0 Å². The topological polar surface area (TPSA) is 63.6 Å². The van der Waals surface area contributed by atoms with E-state index < -0.39 is 5.97 Å². The normalized spacial score (nSPS) is 12.1. The zero-order valence-corrected chi connectivity index (χ0v) is 17.3. The molecular formula is C22H42O4. The molecule has 0 saturated heterocycles. The van der Waals surface area contributed by atoms with E-state index in [4.69, 9.17) is 9.84 Å². The van der Waals surface area contributed by atoms with Crippen LogP contribution in [0.25, 0.3) is 0 Å². The smallest absolute Gasteiger partial charge is 0.308 e. The minimum absolute atomic E-state index is 0.114. The second-order valence-electron chi connectivity index (χ2n) is 7.47. The fourth-order valence-corrected chi connectivity index (χ4v) is 3.22. The number of rotatable bonds is 19. The molecule has 0 aliphatic rings. The molecule has 0 radical (unpaired) electrons. The first-order valence-electron chi connectivity index (χ1n) is 11.0. The molecule has 0 rings (SSSR count). The van der Waals surface area contributed by atoms with Crippen LogP contribution in [0.3, 0.4) is 0 Å². The standard InChI is InChI=1S/C22H42O4/c1-3-5-7-9-10-11-13-16-20(17-15-18-21(23)24)22(25)26-19-14-12-8-6-4-2/h20H,3-19H2,1-2H3,(H,23,24). The summed E-state index contributed by atoms with van der Waals surface area (Å²) in [6.07, 6.45) is 16.4. The fraction of sp³-hybridized carbons (Fsp3) is 0.909. The van der Waals surface area contributed by atoms with Crippen molar-refractivity contribution in [3.8, 4) is 0 Å². The number of hydrogen-bond donors (Lipinski definition) is 1. The highest BCUT2D eigenvalue weighted by molar-refractivity contribution is 5.72. The lowest BCUT2D eigenvalue weighted by molar-refractivity contribution is -0.149. The molecule has 4 nitrogen and oxygen atoms in total. The zero-order valence-electron chi connectivity index (χ0n) is 17.3. The van der Waals surface area contributed by atoms with Crippen molar-refractivity contribution in [3.05, 3.63) is 0 Å². The Hall–Kier alpha value is -1.06. The predicted molar refractivity (Wildman–Crippen MR) is 107 cm³/mol. The van der Waals surface area contributed by atoms with E-state index in [-0.39, 0.29) is 18.3 Å². The number of hydrogen-bond acceptors (Lipinski definition) is 3. The molecule has 4 heteroatoms. The third-order valence-corrected chi connectivity index (χ3v) is 4.92. The Bertz CT molecular complexity index is 341. The van der Waals surface area contributed by atoms with Crippen LogP contribution in [0.2, 0.25) is 0 Å². The minimum Gasteiger partial charge on any atom is -0.481 e. The maximum atomic E-state index is 12.3. The number of esters is 1. The summed E-state index contributed by atoms with van der Waals surface area (Å²) >= 11 is 0. The first kappa shape index (κ1) is 24.9. The van der Waals surface area contributed by atoms with E-state index in [9.17, 15) is 9.59 Å². The van der Waals surface area contributed by atoms with Gasteiger partial charge in [0.25, 0.3) is 0 Å². The van der Waals surface area contributed by atoms with E-state index >= 15 is 0 Å². The third-order valence-electron chi connectivity index (χ3n) is 4.92. The van der Waals surface area contributed by atoms with Crippen molar-refractivity contribution >= 4 is 11.9 Å². The molecule has 0 aromatic rings. The van der Waals surface area contributed by atoms with Crippen LogP contribution in [-0.4, -0.2) is 23.7 Å². The highest BCUT2D eigenvalue weighted by Crippen LogP contribution is 2.20. The summed E-state index contributed by atoms with van der Waals surface area (Å²) in [5.41, 5.74) is 0. The van der Waals surface area contributed by atoms with Crippen LogP contribution in [0.5, 0.6) is 0 Å². The average Bonchev–Trinajstić information content (AvgIpc) is 2.61. The molecule has 0 heterocycles. The molecule has 0 aromatic heterocycles. The maximum Gasteiger partial charge on any atom is 0.308 e. The summed E-state index contributed by atoms with van der Waals surface area (Å²) in [4.78, 5) is 23.1. The maximum absolute atomic E-state index is 12.3. The van der Waals surface area contributed by atoms with Gasteiger partial charge in [-0.15, -0.1) is 0 Å². The monoisotopic (exact) mass is 370 g/mol. The van der Waals surface area contributed by atoms with Gasteiger partial charge >= 0.3 is 11.9 Å². The number of unbranched alkanes of at least 4 members (excludes halogenated alkanes) is 10. The van der Waals surface area contributed by atoms with Crippen LogP contribution in [0.1, 0.15) is 117 Å². The predicted octanol–water partition coefficient (Wildman–Crippen LogP) is 6.51. The van der Waals surface area contributed by atoms with Gasteiger partial charge in [-0.2, -0.15) is 0 Å². The average molecular weight is 371 g/mol. The molecular weight excluding hydrogens is 328 g/mol. The Morgan fingerprint density at radius 1 is 0.731 bits per heavy atom. The lowest BCUT2D eigenvalue weighted by atomic mass is 9.95. The molecule has 0 aliphatic carbocycles. The van der Waals surface area contributed by atoms with Crippen molar-refractivity contribution in [1.29, 1.82) is 0 Å². The van der Waals surface area contributed by atoms with Crippen LogP contribution in [0.15, 0.2) is 0 Å². The Morgan fingerprint density at radius 2 is 1.23 bits per heavy atom. The Morgan fingerprint density at radius 3 is 1.81 bits per heavy atom. The van der Waals surface area contributed by atoms with Crippen molar-refractivity contribution in [2.24, 2.45) is 5.92 Å². The fourth-order valence-electron chi connectivity index (χ4n) is 3.22. The number of carbonyl (C=O) groups excluding carboxylic acids is 1. The summed E-state index contributed by atoms with van der Waals surface area (Å²) < 4.78 is 5.47. The summed E-state index contributed by atoms with van der Waals surface area (Å²) in [6, 6.07) is 0. The molecule has 1 N–H and O–H groups in total. The summed E-state index contributed by atoms with van der Waals surface area (Å²) in [6.45, 7) is 4.91. The molecule has 0 spiro atoms. The summed E-state index contributed by atoms with van der Waals surface area (Å²) in [5, 5.41) is 8.81. The van der Waals surface area contributed by atoms with Crippen LogP contribution >= 0.6 is 0 Å². The molecule has 0 fully saturated rings. The largest absolute Gasteiger partial charge is 0.481 e. The van der Waals surface area contributed by atoms with Crippen molar-refractivity contribution in [2.45, 2.75) is 117 Å². The van der Waals surface area contributed by atoms with Gasteiger partial charge in [-0.3, -0.25) is 9.59 Å². The SMILES string of the molecule is CCCCCCCCCC(CCCC(=O)O)C(=O)OCCCCCCC. The van der Waals surface area contributed by atoms with E-state index in [1.807, 2.05) is 0 Å². The zero-order chi connectivity index (χ0) is 19.5. The quantitative estimate of drug-likeness (QED) is 0.208. The first-order valence-corrected chi connectivity index (χ1v) is 11.0. The highest BCUT2D eigenvalue weighted by atomic mass is 16.5. The molecule has 154 valence electrons. The highest BCUT2D eigenvalue weighted by Gasteiger charge is 2.19. The van der Waals surface area contributed by atoms with Crippen LogP contribution < -0.4 is 0 Å². The second kappa shape index (κ2) is 18.7. The first-order chi connectivity index (χ1) is 12.6. The Kier molecular flexibility index (Phi) is 18.0. The minimum atomic E-state index is -0.788. The van der Waals surface area contributed by atoms with E-state index in [0.29, 0.717) is 19.4 Å². The van der Waals surface area contributed by atoms with Gasteiger partial charge in [-0.25, -0.2) is 0 Å².